The fraction of sp³-hybridized carbons (Fsp3) is 0.556. The zero-order valence-corrected chi connectivity index (χ0v) is 14.3. The number of phosphoric ester groups is 1. The van der Waals surface area contributed by atoms with Gasteiger partial charge < -0.3 is 29.3 Å². The Kier molecular flexibility index (Phi) is 6.72. The fourth-order valence-corrected chi connectivity index (χ4v) is 2.58. The third-order valence-corrected chi connectivity index (χ3v) is 3.38. The Bertz CT molecular complexity index is 670. The number of nitrogens with zero attached hydrogens (tertiary/aromatic N) is 1. The number of aliphatic hydroxyl groups is 2. The average Bonchev–Trinajstić information content (AvgIpc) is 2.65. The van der Waals surface area contributed by atoms with Crippen LogP contribution in [0.5, 0.6) is 0 Å². The zero-order valence-electron chi connectivity index (χ0n) is 11.4. The number of rotatable bonds is 4. The van der Waals surface area contributed by atoms with E-state index in [1.54, 1.807) is 0 Å². The van der Waals surface area contributed by atoms with E-state index in [-0.39, 0.29) is 29.6 Å². The van der Waals surface area contributed by atoms with Crippen molar-refractivity contribution < 1.29 is 63.4 Å². The van der Waals surface area contributed by atoms with Gasteiger partial charge in [0.15, 0.2) is 6.23 Å². The van der Waals surface area contributed by atoms with E-state index in [4.69, 9.17) is 14.7 Å². The van der Waals surface area contributed by atoms with Gasteiger partial charge in [0, 0.05) is 12.3 Å². The van der Waals surface area contributed by atoms with Gasteiger partial charge in [0.05, 0.1) is 6.61 Å². The smallest absolute Gasteiger partial charge is 0.756 e. The van der Waals surface area contributed by atoms with Crippen LogP contribution >= 0.6 is 7.82 Å². The number of nitrogens with one attached hydrogen (secondary N) is 1. The molecular weight excluding hydrogens is 334 g/mol. The van der Waals surface area contributed by atoms with Crippen LogP contribution in [0.2, 0.25) is 0 Å². The molecular formula is C9H12N2NaO9P. The van der Waals surface area contributed by atoms with Crippen molar-refractivity contribution in [2.45, 2.75) is 24.5 Å². The minimum Gasteiger partial charge on any atom is -0.756 e. The van der Waals surface area contributed by atoms with E-state index in [0.717, 1.165) is 16.8 Å². The van der Waals surface area contributed by atoms with Gasteiger partial charge in [-0.3, -0.25) is 18.9 Å². The van der Waals surface area contributed by atoms with E-state index < -0.39 is 50.2 Å². The first-order valence-corrected chi connectivity index (χ1v) is 7.20. The summed E-state index contributed by atoms with van der Waals surface area (Å²) in [6.45, 7) is -0.726. The SMILES string of the molecule is O=c1ccn([C@@H]2O[C@H](CO)[C@@H](OP(=O)([O-])O)[C@H]2O)c(=O)[nH]1.[Na+]. The van der Waals surface area contributed by atoms with Gasteiger partial charge in [-0.25, -0.2) is 4.79 Å². The number of phosphoric acid groups is 1. The fourth-order valence-electron chi connectivity index (χ4n) is 2.01. The van der Waals surface area contributed by atoms with Crippen LogP contribution in [-0.4, -0.2) is 49.6 Å². The number of H-pyrrole nitrogens is 1. The van der Waals surface area contributed by atoms with Crippen LogP contribution in [0.4, 0.5) is 0 Å². The molecule has 1 unspecified atom stereocenters. The normalized spacial score (nSPS) is 30.5. The van der Waals surface area contributed by atoms with Gasteiger partial charge in [-0.05, 0) is 0 Å². The molecule has 11 nitrogen and oxygen atoms in total. The molecule has 0 amide bonds. The van der Waals surface area contributed by atoms with E-state index in [2.05, 4.69) is 4.52 Å². The maximum Gasteiger partial charge on any atom is 1.00 e. The second kappa shape index (κ2) is 7.49. The molecule has 2 heterocycles. The Labute approximate surface area is 145 Å². The van der Waals surface area contributed by atoms with Crippen molar-refractivity contribution in [3.63, 3.8) is 0 Å². The summed E-state index contributed by atoms with van der Waals surface area (Å²) in [7, 11) is -5.19. The van der Waals surface area contributed by atoms with Crippen LogP contribution in [-0.2, 0) is 13.8 Å². The molecule has 1 fully saturated rings. The Hall–Kier alpha value is -0.330. The third kappa shape index (κ3) is 4.36. The molecule has 1 aromatic rings. The van der Waals surface area contributed by atoms with Crippen LogP contribution in [0.25, 0.3) is 0 Å². The van der Waals surface area contributed by atoms with E-state index in [1.807, 2.05) is 4.98 Å². The summed E-state index contributed by atoms with van der Waals surface area (Å²) in [6.07, 6.45) is -4.95. The van der Waals surface area contributed by atoms with Crippen molar-refractivity contribution in [2.75, 3.05) is 6.61 Å². The number of aromatic amines is 1. The second-order valence-electron chi connectivity index (χ2n) is 4.29. The third-order valence-electron chi connectivity index (χ3n) is 2.87. The molecule has 1 saturated heterocycles. The summed E-state index contributed by atoms with van der Waals surface area (Å²) in [5, 5.41) is 19.1. The number of hydrogen-bond acceptors (Lipinski definition) is 8. The van der Waals surface area contributed by atoms with Crippen molar-refractivity contribution in [2.24, 2.45) is 0 Å². The first-order chi connectivity index (χ1) is 9.73. The van der Waals surface area contributed by atoms with Crippen LogP contribution < -0.4 is 45.7 Å². The van der Waals surface area contributed by atoms with Gasteiger partial charge in [0.2, 0.25) is 0 Å². The first kappa shape index (κ1) is 19.7. The monoisotopic (exact) mass is 346 g/mol. The quantitative estimate of drug-likeness (QED) is 0.305. The Morgan fingerprint density at radius 2 is 2.14 bits per heavy atom. The molecule has 5 atom stereocenters. The molecule has 0 bridgehead atoms. The Morgan fingerprint density at radius 3 is 2.64 bits per heavy atom. The number of aromatic nitrogens is 2. The standard InChI is InChI=1S/C9H13N2O9P.Na/c12-3-4-7(20-21(16,17)18)6(14)8(19-4)11-2-1-5(13)10-9(11)15;/h1-2,4,6-8,12,14H,3H2,(H,10,13,15)(H2,16,17,18);/q;+1/p-1/t4-,6-,7-,8-;/m1./s1. The molecule has 2 rings (SSSR count). The average molecular weight is 346 g/mol. The maximum absolute atomic E-state index is 11.6. The summed E-state index contributed by atoms with van der Waals surface area (Å²) in [6, 6.07) is 0.990. The summed E-state index contributed by atoms with van der Waals surface area (Å²) in [5.41, 5.74) is -1.58. The minimum atomic E-state index is -5.19. The van der Waals surface area contributed by atoms with Gasteiger partial charge in [0.25, 0.3) is 13.4 Å². The molecule has 1 aliphatic rings. The van der Waals surface area contributed by atoms with E-state index >= 15 is 0 Å². The predicted octanol–water partition coefficient (Wildman–Crippen LogP) is -6.36. The number of ether oxygens (including phenoxy) is 1. The van der Waals surface area contributed by atoms with Crippen LogP contribution in [0, 0.1) is 0 Å². The minimum absolute atomic E-state index is 0. The van der Waals surface area contributed by atoms with Crippen LogP contribution in [0.3, 0.4) is 0 Å². The topological polar surface area (TPSA) is 174 Å². The Balaban J connectivity index is 0.00000242. The van der Waals surface area contributed by atoms with Gasteiger partial charge in [-0.1, -0.05) is 0 Å². The molecule has 4 N–H and O–H groups in total. The summed E-state index contributed by atoms with van der Waals surface area (Å²) >= 11 is 0. The van der Waals surface area contributed by atoms with Crippen molar-refractivity contribution in [1.82, 2.24) is 9.55 Å². The number of aliphatic hydroxyl groups excluding tert-OH is 2. The molecule has 0 aromatic carbocycles. The summed E-state index contributed by atoms with van der Waals surface area (Å²) in [5.74, 6) is 0. The molecule has 0 saturated carbocycles. The summed E-state index contributed by atoms with van der Waals surface area (Å²) < 4.78 is 20.9. The molecule has 118 valence electrons. The molecule has 13 heteroatoms. The molecule has 0 aliphatic carbocycles. The van der Waals surface area contributed by atoms with Crippen molar-refractivity contribution >= 4 is 7.82 Å². The van der Waals surface area contributed by atoms with Gasteiger partial charge in [-0.15, -0.1) is 0 Å². The second-order valence-corrected chi connectivity index (χ2v) is 5.44. The Morgan fingerprint density at radius 1 is 1.50 bits per heavy atom. The van der Waals surface area contributed by atoms with Crippen molar-refractivity contribution in [3.05, 3.63) is 33.1 Å². The zero-order chi connectivity index (χ0) is 15.8. The van der Waals surface area contributed by atoms with Crippen LogP contribution in [0.15, 0.2) is 21.9 Å². The molecule has 1 aliphatic heterocycles. The summed E-state index contributed by atoms with van der Waals surface area (Å²) in [4.78, 5) is 43.9. The van der Waals surface area contributed by atoms with Crippen LogP contribution in [0.1, 0.15) is 6.23 Å². The predicted molar refractivity (Wildman–Crippen MR) is 63.0 cm³/mol. The molecule has 0 radical (unpaired) electrons. The van der Waals surface area contributed by atoms with Crippen molar-refractivity contribution in [3.8, 4) is 0 Å². The first-order valence-electron chi connectivity index (χ1n) is 5.71. The van der Waals surface area contributed by atoms with Gasteiger partial charge in [-0.2, -0.15) is 0 Å². The van der Waals surface area contributed by atoms with Gasteiger partial charge in [0.1, 0.15) is 18.3 Å². The van der Waals surface area contributed by atoms with E-state index in [1.165, 1.54) is 0 Å². The van der Waals surface area contributed by atoms with Crippen molar-refractivity contribution in [1.29, 1.82) is 0 Å². The van der Waals surface area contributed by atoms with E-state index in [9.17, 15) is 24.2 Å². The molecule has 22 heavy (non-hydrogen) atoms. The number of hydrogen-bond donors (Lipinski definition) is 4. The van der Waals surface area contributed by atoms with Gasteiger partial charge >= 0.3 is 35.2 Å². The van der Waals surface area contributed by atoms with E-state index in [0.29, 0.717) is 0 Å². The molecule has 0 spiro atoms. The largest absolute Gasteiger partial charge is 1.00 e. The molecule has 1 aromatic heterocycles. The maximum atomic E-state index is 11.6.